The monoisotopic (exact) mass is 460 g/mol. The van der Waals surface area contributed by atoms with Crippen molar-refractivity contribution in [3.63, 3.8) is 0 Å². The Labute approximate surface area is 195 Å². The van der Waals surface area contributed by atoms with E-state index in [9.17, 15) is 9.59 Å². The summed E-state index contributed by atoms with van der Waals surface area (Å²) in [6.45, 7) is 5.23. The van der Waals surface area contributed by atoms with Crippen LogP contribution in [0.25, 0.3) is 0 Å². The van der Waals surface area contributed by atoms with Gasteiger partial charge in [0.2, 0.25) is 11.8 Å². The van der Waals surface area contributed by atoms with Crippen molar-refractivity contribution in [2.75, 3.05) is 18.8 Å². The first-order chi connectivity index (χ1) is 15.0. The number of benzene rings is 2. The van der Waals surface area contributed by atoms with Crippen molar-refractivity contribution in [3.05, 3.63) is 70.7 Å². The van der Waals surface area contributed by atoms with Crippen LogP contribution < -0.4 is 5.32 Å². The molecule has 0 heterocycles. The quantitative estimate of drug-likeness (QED) is 0.410. The lowest BCUT2D eigenvalue weighted by molar-refractivity contribution is -0.138. The Hall–Kier alpha value is -1.98. The molecule has 0 spiro atoms. The lowest BCUT2D eigenvalue weighted by atomic mass is 10.1. The van der Waals surface area contributed by atoms with E-state index in [4.69, 9.17) is 11.6 Å². The molecule has 2 aromatic rings. The molecule has 0 aromatic heterocycles. The number of carbonyl (C=O) groups excluding carboxylic acids is 2. The SMILES string of the molecule is CCCCNC(=O)C(CC)N(CCc1ccccc1)C(=O)CSCc1cccc(Cl)c1. The molecule has 6 heteroatoms. The van der Waals surface area contributed by atoms with Crippen LogP contribution in [0.5, 0.6) is 0 Å². The third kappa shape index (κ3) is 8.96. The van der Waals surface area contributed by atoms with Gasteiger partial charge in [-0.05, 0) is 42.5 Å². The van der Waals surface area contributed by atoms with Gasteiger partial charge in [0.15, 0.2) is 0 Å². The highest BCUT2D eigenvalue weighted by Crippen LogP contribution is 2.18. The second-order valence-electron chi connectivity index (χ2n) is 7.51. The van der Waals surface area contributed by atoms with Gasteiger partial charge in [0.1, 0.15) is 6.04 Å². The van der Waals surface area contributed by atoms with E-state index in [1.165, 1.54) is 0 Å². The number of amides is 2. The molecule has 0 aliphatic carbocycles. The summed E-state index contributed by atoms with van der Waals surface area (Å²) in [5.41, 5.74) is 2.25. The number of nitrogens with one attached hydrogen (secondary N) is 1. The lowest BCUT2D eigenvalue weighted by Crippen LogP contribution is -2.50. The molecular weight excluding hydrogens is 428 g/mol. The van der Waals surface area contributed by atoms with Crippen molar-refractivity contribution in [2.24, 2.45) is 0 Å². The average molecular weight is 461 g/mol. The number of halogens is 1. The summed E-state index contributed by atoms with van der Waals surface area (Å²) in [6, 6.07) is 17.3. The molecule has 0 aliphatic heterocycles. The molecule has 0 saturated heterocycles. The Morgan fingerprint density at radius 2 is 1.81 bits per heavy atom. The first-order valence-electron chi connectivity index (χ1n) is 11.0. The van der Waals surface area contributed by atoms with Crippen molar-refractivity contribution >= 4 is 35.2 Å². The van der Waals surface area contributed by atoms with Crippen LogP contribution in [0.3, 0.4) is 0 Å². The van der Waals surface area contributed by atoms with E-state index in [-0.39, 0.29) is 11.8 Å². The largest absolute Gasteiger partial charge is 0.354 e. The van der Waals surface area contributed by atoms with Crippen LogP contribution >= 0.6 is 23.4 Å². The van der Waals surface area contributed by atoms with Gasteiger partial charge in [-0.1, -0.05) is 74.3 Å². The van der Waals surface area contributed by atoms with E-state index in [1.54, 1.807) is 16.7 Å². The molecule has 1 unspecified atom stereocenters. The van der Waals surface area contributed by atoms with Gasteiger partial charge >= 0.3 is 0 Å². The van der Waals surface area contributed by atoms with E-state index in [2.05, 4.69) is 24.4 Å². The van der Waals surface area contributed by atoms with Gasteiger partial charge in [-0.25, -0.2) is 0 Å². The number of thioether (sulfide) groups is 1. The van der Waals surface area contributed by atoms with Gasteiger partial charge in [0, 0.05) is 23.9 Å². The van der Waals surface area contributed by atoms with Crippen LogP contribution in [0.2, 0.25) is 5.02 Å². The van der Waals surface area contributed by atoms with Gasteiger partial charge in [-0.2, -0.15) is 0 Å². The third-order valence-electron chi connectivity index (χ3n) is 5.08. The number of unbranched alkanes of at least 4 members (excludes halogenated alkanes) is 1. The summed E-state index contributed by atoms with van der Waals surface area (Å²) in [4.78, 5) is 27.7. The molecule has 0 aliphatic rings. The zero-order valence-electron chi connectivity index (χ0n) is 18.5. The topological polar surface area (TPSA) is 49.4 Å². The fourth-order valence-electron chi connectivity index (χ4n) is 3.37. The van der Waals surface area contributed by atoms with Crippen molar-refractivity contribution in [1.82, 2.24) is 10.2 Å². The van der Waals surface area contributed by atoms with Crippen LogP contribution in [-0.4, -0.2) is 41.6 Å². The van der Waals surface area contributed by atoms with Crippen molar-refractivity contribution in [1.29, 1.82) is 0 Å². The normalized spacial score (nSPS) is 11.7. The average Bonchev–Trinajstić information content (AvgIpc) is 2.77. The third-order valence-corrected chi connectivity index (χ3v) is 6.31. The minimum atomic E-state index is -0.445. The second-order valence-corrected chi connectivity index (χ2v) is 8.94. The van der Waals surface area contributed by atoms with Gasteiger partial charge in [-0.15, -0.1) is 11.8 Å². The first-order valence-corrected chi connectivity index (χ1v) is 12.5. The summed E-state index contributed by atoms with van der Waals surface area (Å²) in [5, 5.41) is 3.70. The molecule has 0 bridgehead atoms. The number of nitrogens with zero attached hydrogens (tertiary/aromatic N) is 1. The maximum absolute atomic E-state index is 13.2. The predicted molar refractivity (Wildman–Crippen MR) is 131 cm³/mol. The van der Waals surface area contributed by atoms with Crippen molar-refractivity contribution in [3.8, 4) is 0 Å². The summed E-state index contributed by atoms with van der Waals surface area (Å²) in [6.07, 6.45) is 3.28. The van der Waals surface area contributed by atoms with Crippen LogP contribution in [-0.2, 0) is 21.8 Å². The molecule has 1 atom stereocenters. The fraction of sp³-hybridized carbons (Fsp3) is 0.440. The maximum Gasteiger partial charge on any atom is 0.242 e. The molecule has 4 nitrogen and oxygen atoms in total. The van der Waals surface area contributed by atoms with E-state index in [1.807, 2.05) is 49.4 Å². The van der Waals surface area contributed by atoms with Gasteiger partial charge in [-0.3, -0.25) is 9.59 Å². The number of carbonyl (C=O) groups is 2. The van der Waals surface area contributed by atoms with E-state index >= 15 is 0 Å². The molecule has 2 rings (SSSR count). The molecule has 0 saturated carbocycles. The zero-order valence-corrected chi connectivity index (χ0v) is 20.1. The second kappa shape index (κ2) is 14.2. The highest BCUT2D eigenvalue weighted by Gasteiger charge is 2.27. The molecule has 1 N–H and O–H groups in total. The van der Waals surface area contributed by atoms with Crippen LogP contribution in [0.15, 0.2) is 54.6 Å². The lowest BCUT2D eigenvalue weighted by Gasteiger charge is -2.30. The van der Waals surface area contributed by atoms with Crippen molar-refractivity contribution < 1.29 is 9.59 Å². The number of rotatable bonds is 13. The molecule has 168 valence electrons. The van der Waals surface area contributed by atoms with Gasteiger partial charge in [0.05, 0.1) is 5.75 Å². The van der Waals surface area contributed by atoms with Crippen LogP contribution in [0.4, 0.5) is 0 Å². The minimum Gasteiger partial charge on any atom is -0.354 e. The number of hydrogen-bond acceptors (Lipinski definition) is 3. The molecule has 2 amide bonds. The maximum atomic E-state index is 13.2. The smallest absolute Gasteiger partial charge is 0.242 e. The Morgan fingerprint density at radius 1 is 1.06 bits per heavy atom. The summed E-state index contributed by atoms with van der Waals surface area (Å²) in [5.74, 6) is 0.982. The highest BCUT2D eigenvalue weighted by molar-refractivity contribution is 7.99. The number of hydrogen-bond donors (Lipinski definition) is 1. The minimum absolute atomic E-state index is 0.000417. The van der Waals surface area contributed by atoms with E-state index in [0.29, 0.717) is 36.0 Å². The first kappa shape index (κ1) is 25.3. The molecule has 2 aromatic carbocycles. The van der Waals surface area contributed by atoms with Crippen molar-refractivity contribution in [2.45, 2.75) is 51.3 Å². The Balaban J connectivity index is 2.03. The van der Waals surface area contributed by atoms with Gasteiger partial charge in [0.25, 0.3) is 0 Å². The Kier molecular flexibility index (Phi) is 11.5. The standard InChI is InChI=1S/C25H33ClN2O2S/c1-3-5-15-27-25(30)23(4-2)28(16-14-20-10-7-6-8-11-20)24(29)19-31-18-21-12-9-13-22(26)17-21/h6-13,17,23H,3-5,14-16,18-19H2,1-2H3,(H,27,30). The van der Waals surface area contributed by atoms with Crippen LogP contribution in [0.1, 0.15) is 44.2 Å². The zero-order chi connectivity index (χ0) is 22.5. The summed E-state index contributed by atoms with van der Waals surface area (Å²) < 4.78 is 0. The molecule has 0 fully saturated rings. The molecule has 0 radical (unpaired) electrons. The van der Waals surface area contributed by atoms with E-state index in [0.717, 1.165) is 30.4 Å². The highest BCUT2D eigenvalue weighted by atomic mass is 35.5. The Morgan fingerprint density at radius 3 is 2.48 bits per heavy atom. The fourth-order valence-corrected chi connectivity index (χ4v) is 4.44. The molecular formula is C25H33ClN2O2S. The van der Waals surface area contributed by atoms with Gasteiger partial charge < -0.3 is 10.2 Å². The predicted octanol–water partition coefficient (Wildman–Crippen LogP) is 5.34. The molecule has 31 heavy (non-hydrogen) atoms. The van der Waals surface area contributed by atoms with Crippen LogP contribution in [0, 0.1) is 0 Å². The Bertz CT molecular complexity index is 816. The summed E-state index contributed by atoms with van der Waals surface area (Å²) >= 11 is 7.61. The summed E-state index contributed by atoms with van der Waals surface area (Å²) in [7, 11) is 0. The van der Waals surface area contributed by atoms with E-state index < -0.39 is 6.04 Å².